The fourth-order valence-corrected chi connectivity index (χ4v) is 4.03. The highest BCUT2D eigenvalue weighted by molar-refractivity contribution is 6.15. The minimum atomic E-state index is -0.457. The lowest BCUT2D eigenvalue weighted by Gasteiger charge is -2.11. The number of amides is 2. The number of nitrogens with zero attached hydrogens (tertiary/aromatic N) is 4. The summed E-state index contributed by atoms with van der Waals surface area (Å²) in [4.78, 5) is 32.4. The number of allylic oxidation sites excluding steroid dienone is 1. The van der Waals surface area contributed by atoms with E-state index in [2.05, 4.69) is 25.7 Å². The van der Waals surface area contributed by atoms with Crippen LogP contribution >= 0.6 is 0 Å². The number of nitrogens with one attached hydrogen (secondary N) is 2. The molecule has 0 spiro atoms. The minimum Gasteiger partial charge on any atom is -0.421 e. The summed E-state index contributed by atoms with van der Waals surface area (Å²) in [5.41, 5.74) is 3.74. The summed E-state index contributed by atoms with van der Waals surface area (Å²) in [5.74, 6) is -0.812. The average molecular weight is 446 g/mol. The van der Waals surface area contributed by atoms with Gasteiger partial charge in [-0.1, -0.05) is 17.7 Å². The Balaban J connectivity index is 1.42. The monoisotopic (exact) mass is 446 g/mol. The first-order chi connectivity index (χ1) is 15.9. The van der Waals surface area contributed by atoms with Gasteiger partial charge >= 0.3 is 6.01 Å². The summed E-state index contributed by atoms with van der Waals surface area (Å²) in [6.07, 6.45) is 7.65. The zero-order chi connectivity index (χ0) is 22.7. The molecule has 33 heavy (non-hydrogen) atoms. The molecule has 3 aromatic rings. The summed E-state index contributed by atoms with van der Waals surface area (Å²) >= 11 is 0. The second-order valence-corrected chi connectivity index (χ2v) is 8.53. The van der Waals surface area contributed by atoms with E-state index in [0.717, 1.165) is 24.0 Å². The van der Waals surface area contributed by atoms with Crippen molar-refractivity contribution in [1.29, 1.82) is 0 Å². The highest BCUT2D eigenvalue weighted by Gasteiger charge is 2.27. The fraction of sp³-hybridized carbons (Fsp3) is 0.261. The van der Waals surface area contributed by atoms with Gasteiger partial charge < -0.3 is 10.1 Å². The number of ether oxygens (including phenoxy) is 1. The molecule has 1 aliphatic heterocycles. The number of hydrogen-bond donors (Lipinski definition) is 2. The number of anilines is 1. The van der Waals surface area contributed by atoms with E-state index in [9.17, 15) is 9.59 Å². The van der Waals surface area contributed by atoms with Gasteiger partial charge in [0.15, 0.2) is 17.2 Å². The number of carbonyl (C=O) groups excluding carboxylic acids is 2. The van der Waals surface area contributed by atoms with Gasteiger partial charge in [-0.3, -0.25) is 14.9 Å². The fourth-order valence-electron chi connectivity index (χ4n) is 4.03. The molecular weight excluding hydrogens is 427 g/mol. The Morgan fingerprint density at radius 2 is 2.09 bits per heavy atom. The molecule has 1 aromatic carbocycles. The molecule has 2 fully saturated rings. The van der Waals surface area contributed by atoms with Crippen molar-refractivity contribution in [1.82, 2.24) is 24.9 Å². The number of fused-ring (bicyclic) bond motifs is 2. The number of aromatic nitrogens is 4. The normalized spacial score (nSPS) is 18.6. The van der Waals surface area contributed by atoms with Crippen molar-refractivity contribution in [2.45, 2.75) is 38.6 Å². The van der Waals surface area contributed by atoms with E-state index in [1.807, 2.05) is 19.1 Å². The Bertz CT molecular complexity index is 1420. The van der Waals surface area contributed by atoms with Crippen molar-refractivity contribution in [2.24, 2.45) is 0 Å². The molecule has 0 unspecified atom stereocenters. The highest BCUT2D eigenvalue weighted by atomic mass is 19.1. The second-order valence-electron chi connectivity index (χ2n) is 8.53. The first-order valence-electron chi connectivity index (χ1n) is 10.7. The van der Waals surface area contributed by atoms with Crippen LogP contribution in [0, 0.1) is 5.82 Å². The molecule has 1 saturated heterocycles. The lowest BCUT2D eigenvalue weighted by Crippen LogP contribution is -2.19. The van der Waals surface area contributed by atoms with Crippen LogP contribution in [0.3, 0.4) is 0 Å². The first kappa shape index (κ1) is 19.6. The molecule has 2 N–H and O–H groups in total. The van der Waals surface area contributed by atoms with Crippen molar-refractivity contribution < 1.29 is 18.7 Å². The Labute approximate surface area is 187 Å². The van der Waals surface area contributed by atoms with Crippen LogP contribution in [0.15, 0.2) is 29.5 Å². The largest absolute Gasteiger partial charge is 0.421 e. The number of benzene rings is 1. The maximum Gasteiger partial charge on any atom is 0.327 e. The molecule has 166 valence electrons. The Hall–Kier alpha value is -4.08. The smallest absolute Gasteiger partial charge is 0.327 e. The topological polar surface area (TPSA) is 111 Å². The maximum atomic E-state index is 15.1. The van der Waals surface area contributed by atoms with Crippen LogP contribution in [0.25, 0.3) is 17.8 Å². The van der Waals surface area contributed by atoms with Crippen molar-refractivity contribution in [3.8, 4) is 11.8 Å². The van der Waals surface area contributed by atoms with Gasteiger partial charge in [-0.2, -0.15) is 19.6 Å². The van der Waals surface area contributed by atoms with Gasteiger partial charge in [0, 0.05) is 22.7 Å². The zero-order valence-corrected chi connectivity index (χ0v) is 17.7. The first-order valence-corrected chi connectivity index (χ1v) is 10.7. The molecular formula is C23H19FN6O3. The molecule has 0 bridgehead atoms. The quantitative estimate of drug-likeness (QED) is 0.458. The summed E-state index contributed by atoms with van der Waals surface area (Å²) in [5, 5.41) is 9.88. The third-order valence-corrected chi connectivity index (χ3v) is 5.81. The van der Waals surface area contributed by atoms with Gasteiger partial charge in [0.2, 0.25) is 11.9 Å². The van der Waals surface area contributed by atoms with Crippen LogP contribution < -0.4 is 15.4 Å². The van der Waals surface area contributed by atoms with E-state index >= 15 is 4.39 Å². The van der Waals surface area contributed by atoms with Crippen molar-refractivity contribution >= 4 is 35.6 Å². The van der Waals surface area contributed by atoms with E-state index in [1.54, 1.807) is 18.3 Å². The Morgan fingerprint density at radius 1 is 1.24 bits per heavy atom. The Kier molecular flexibility index (Phi) is 4.29. The molecule has 0 atom stereocenters. The van der Waals surface area contributed by atoms with Crippen molar-refractivity contribution in [2.75, 3.05) is 5.32 Å². The van der Waals surface area contributed by atoms with E-state index in [0.29, 0.717) is 34.7 Å². The van der Waals surface area contributed by atoms with Crippen LogP contribution in [0.5, 0.6) is 11.8 Å². The molecule has 0 radical (unpaired) electrons. The predicted octanol–water partition coefficient (Wildman–Crippen LogP) is 3.02. The number of hydrogen-bond acceptors (Lipinski definition) is 7. The Morgan fingerprint density at radius 3 is 2.85 bits per heavy atom. The molecule has 10 heteroatoms. The molecule has 3 heterocycles. The SMILES string of the molecule is CC1=Cc2c(ccc(Oc3nc(NC4CC4)n4ncc(/C=C5\CC(=O)NC5=O)c4n3)c2F)C1. The summed E-state index contributed by atoms with van der Waals surface area (Å²) in [7, 11) is 0. The number of imide groups is 1. The van der Waals surface area contributed by atoms with Gasteiger partial charge in [0.1, 0.15) is 0 Å². The van der Waals surface area contributed by atoms with Gasteiger partial charge in [-0.15, -0.1) is 0 Å². The lowest BCUT2D eigenvalue weighted by molar-refractivity contribution is -0.124. The van der Waals surface area contributed by atoms with Crippen molar-refractivity contribution in [3.63, 3.8) is 0 Å². The lowest BCUT2D eigenvalue weighted by atomic mass is 10.1. The van der Waals surface area contributed by atoms with E-state index in [-0.39, 0.29) is 30.1 Å². The number of carbonyl (C=O) groups is 2. The number of rotatable bonds is 5. The zero-order valence-electron chi connectivity index (χ0n) is 17.7. The molecule has 2 aliphatic carbocycles. The summed E-state index contributed by atoms with van der Waals surface area (Å²) in [6.45, 7) is 1.96. The summed E-state index contributed by atoms with van der Waals surface area (Å²) in [6, 6.07) is 3.64. The van der Waals surface area contributed by atoms with Crippen LogP contribution in [0.4, 0.5) is 10.3 Å². The van der Waals surface area contributed by atoms with Gasteiger partial charge in [0.05, 0.1) is 12.6 Å². The second kappa shape index (κ2) is 7.22. The molecule has 3 aliphatic rings. The van der Waals surface area contributed by atoms with Gasteiger partial charge in [-0.25, -0.2) is 4.39 Å². The van der Waals surface area contributed by atoms with Gasteiger partial charge in [0.25, 0.3) is 5.91 Å². The van der Waals surface area contributed by atoms with Gasteiger partial charge in [-0.05, 0) is 43.9 Å². The standard InChI is InChI=1S/C23H19FN6O3/c1-11-6-12-2-5-17(19(24)16(12)7-11)33-23-28-20-14(8-13-9-18(31)27-21(13)32)10-25-30(20)22(29-23)26-15-3-4-15/h2,5,7-8,10,15H,3-4,6,9H2,1H3,(H,26,28,29)(H,27,31,32)/b13-8+. The summed E-state index contributed by atoms with van der Waals surface area (Å²) < 4.78 is 22.4. The van der Waals surface area contributed by atoms with Crippen LogP contribution in [-0.4, -0.2) is 37.4 Å². The molecule has 1 saturated carbocycles. The highest BCUT2D eigenvalue weighted by Crippen LogP contribution is 2.34. The molecule has 2 amide bonds. The van der Waals surface area contributed by atoms with Crippen LogP contribution in [0.2, 0.25) is 0 Å². The maximum absolute atomic E-state index is 15.1. The van der Waals surface area contributed by atoms with E-state index in [4.69, 9.17) is 4.74 Å². The van der Waals surface area contributed by atoms with Crippen LogP contribution in [0.1, 0.15) is 42.9 Å². The molecule has 6 rings (SSSR count). The molecule has 9 nitrogen and oxygen atoms in total. The third kappa shape index (κ3) is 3.53. The number of halogens is 1. The molecule has 2 aromatic heterocycles. The van der Waals surface area contributed by atoms with E-state index in [1.165, 1.54) is 4.52 Å². The minimum absolute atomic E-state index is 0.00886. The van der Waals surface area contributed by atoms with Crippen molar-refractivity contribution in [3.05, 3.63) is 52.0 Å². The third-order valence-electron chi connectivity index (χ3n) is 5.81. The van der Waals surface area contributed by atoms with Crippen LogP contribution in [-0.2, 0) is 16.0 Å². The van der Waals surface area contributed by atoms with E-state index < -0.39 is 11.7 Å². The average Bonchev–Trinajstić information content (AvgIpc) is 3.22. The predicted molar refractivity (Wildman–Crippen MR) is 117 cm³/mol.